The molecule has 6 atom stereocenters. The molecule has 17 heavy (non-hydrogen) atoms. The van der Waals surface area contributed by atoms with Crippen molar-refractivity contribution in [2.75, 3.05) is 6.61 Å². The van der Waals surface area contributed by atoms with E-state index in [1.165, 1.54) is 0 Å². The Hall–Kier alpha value is -0.420. The van der Waals surface area contributed by atoms with E-state index in [2.05, 4.69) is 0 Å². The van der Waals surface area contributed by atoms with Crippen molar-refractivity contribution in [1.82, 2.24) is 0 Å². The van der Waals surface area contributed by atoms with Gasteiger partial charge in [-0.2, -0.15) is 0 Å². The Kier molecular flexibility index (Phi) is 3.11. The van der Waals surface area contributed by atoms with Crippen LogP contribution in [-0.4, -0.2) is 45.8 Å². The first-order valence-corrected chi connectivity index (χ1v) is 6.16. The standard InChI is InChI=1S/C13H22O4/c1-8(14)4-5-10-12(2)7-17-13(10,3)6-9(15)11(12)16/h4-5,8-11,14-16H,6-7H2,1-3H3. The van der Waals surface area contributed by atoms with Gasteiger partial charge < -0.3 is 20.1 Å². The van der Waals surface area contributed by atoms with Crippen molar-refractivity contribution in [3.63, 3.8) is 0 Å². The Morgan fingerprint density at radius 3 is 2.59 bits per heavy atom. The molecule has 1 heterocycles. The molecule has 0 aromatic heterocycles. The summed E-state index contributed by atoms with van der Waals surface area (Å²) < 4.78 is 5.80. The molecule has 4 heteroatoms. The van der Waals surface area contributed by atoms with Crippen LogP contribution in [0.15, 0.2) is 12.2 Å². The minimum atomic E-state index is -0.776. The maximum atomic E-state index is 10.1. The van der Waals surface area contributed by atoms with Crippen molar-refractivity contribution in [1.29, 1.82) is 0 Å². The molecule has 1 aliphatic carbocycles. The molecule has 0 aromatic rings. The molecule has 1 saturated heterocycles. The number of fused-ring (bicyclic) bond motifs is 2. The number of aliphatic hydroxyl groups is 3. The lowest BCUT2D eigenvalue weighted by Gasteiger charge is -2.46. The first kappa shape index (κ1) is 13.0. The molecule has 0 aromatic carbocycles. The highest BCUT2D eigenvalue weighted by Crippen LogP contribution is 2.54. The summed E-state index contributed by atoms with van der Waals surface area (Å²) in [7, 11) is 0. The smallest absolute Gasteiger partial charge is 0.0882 e. The quantitative estimate of drug-likeness (QED) is 0.615. The summed E-state index contributed by atoms with van der Waals surface area (Å²) in [5.74, 6) is 0.0167. The molecule has 0 amide bonds. The third-order valence-corrected chi connectivity index (χ3v) is 4.32. The van der Waals surface area contributed by atoms with Crippen LogP contribution in [0.3, 0.4) is 0 Å². The monoisotopic (exact) mass is 242 g/mol. The SMILES string of the molecule is CC(O)C=CC1C2(C)CC(O)C(O)C1(C)CO2. The van der Waals surface area contributed by atoms with Gasteiger partial charge in [-0.05, 0) is 13.8 Å². The van der Waals surface area contributed by atoms with Gasteiger partial charge in [-0.3, -0.25) is 0 Å². The molecule has 1 aliphatic heterocycles. The number of ether oxygens (including phenoxy) is 1. The van der Waals surface area contributed by atoms with E-state index in [0.717, 1.165) is 0 Å². The molecule has 0 spiro atoms. The van der Waals surface area contributed by atoms with E-state index in [1.54, 1.807) is 13.0 Å². The maximum Gasteiger partial charge on any atom is 0.0882 e. The highest BCUT2D eigenvalue weighted by molar-refractivity contribution is 5.17. The van der Waals surface area contributed by atoms with Crippen LogP contribution in [0.1, 0.15) is 27.2 Å². The first-order chi connectivity index (χ1) is 7.79. The number of aliphatic hydroxyl groups excluding tert-OH is 3. The van der Waals surface area contributed by atoms with Crippen molar-refractivity contribution in [2.24, 2.45) is 11.3 Å². The van der Waals surface area contributed by atoms with Crippen LogP contribution in [0, 0.1) is 11.3 Å². The third-order valence-electron chi connectivity index (χ3n) is 4.32. The minimum absolute atomic E-state index is 0.0167. The van der Waals surface area contributed by atoms with Crippen LogP contribution >= 0.6 is 0 Å². The highest BCUT2D eigenvalue weighted by atomic mass is 16.5. The Labute approximate surface area is 102 Å². The molecule has 3 N–H and O–H groups in total. The van der Waals surface area contributed by atoms with Gasteiger partial charge in [0.25, 0.3) is 0 Å². The Bertz CT molecular complexity index is 327. The van der Waals surface area contributed by atoms with Crippen molar-refractivity contribution in [3.05, 3.63) is 12.2 Å². The van der Waals surface area contributed by atoms with E-state index in [0.29, 0.717) is 13.0 Å². The van der Waals surface area contributed by atoms with Crippen molar-refractivity contribution in [3.8, 4) is 0 Å². The van der Waals surface area contributed by atoms with Crippen molar-refractivity contribution < 1.29 is 20.1 Å². The third kappa shape index (κ3) is 1.93. The molecule has 2 fully saturated rings. The van der Waals surface area contributed by atoms with E-state index in [-0.39, 0.29) is 5.92 Å². The van der Waals surface area contributed by atoms with Gasteiger partial charge in [0.1, 0.15) is 0 Å². The van der Waals surface area contributed by atoms with Crippen molar-refractivity contribution >= 4 is 0 Å². The summed E-state index contributed by atoms with van der Waals surface area (Å²) in [6, 6.07) is 0. The largest absolute Gasteiger partial charge is 0.390 e. The fourth-order valence-electron chi connectivity index (χ4n) is 3.31. The molecule has 2 rings (SSSR count). The van der Waals surface area contributed by atoms with Crippen molar-refractivity contribution in [2.45, 2.75) is 51.1 Å². The zero-order valence-electron chi connectivity index (χ0n) is 10.6. The molecular formula is C13H22O4. The predicted octanol–water partition coefficient (Wildman–Crippen LogP) is 0.460. The van der Waals surface area contributed by atoms with Crippen LogP contribution < -0.4 is 0 Å². The number of hydrogen-bond acceptors (Lipinski definition) is 4. The highest BCUT2D eigenvalue weighted by Gasteiger charge is 2.61. The Balaban J connectivity index is 2.31. The lowest BCUT2D eigenvalue weighted by atomic mass is 9.61. The van der Waals surface area contributed by atoms with Gasteiger partial charge in [0.15, 0.2) is 0 Å². The summed E-state index contributed by atoms with van der Waals surface area (Å²) in [6.07, 6.45) is 2.06. The average Bonchev–Trinajstić information content (AvgIpc) is 2.43. The molecule has 98 valence electrons. The van der Waals surface area contributed by atoms with E-state index >= 15 is 0 Å². The number of hydrogen-bond donors (Lipinski definition) is 3. The van der Waals surface area contributed by atoms with Gasteiger partial charge in [0.2, 0.25) is 0 Å². The number of rotatable bonds is 2. The summed E-state index contributed by atoms with van der Waals surface area (Å²) in [6.45, 7) is 6.03. The summed E-state index contributed by atoms with van der Waals surface area (Å²) >= 11 is 0. The maximum absolute atomic E-state index is 10.1. The van der Waals surface area contributed by atoms with E-state index < -0.39 is 29.3 Å². The van der Waals surface area contributed by atoms with Gasteiger partial charge >= 0.3 is 0 Å². The van der Waals surface area contributed by atoms with Gasteiger partial charge in [-0.25, -0.2) is 0 Å². The normalized spacial score (nSPS) is 52.0. The lowest BCUT2D eigenvalue weighted by molar-refractivity contribution is -0.113. The van der Waals surface area contributed by atoms with Crippen LogP contribution in [-0.2, 0) is 4.74 Å². The topological polar surface area (TPSA) is 69.9 Å². The molecule has 4 nitrogen and oxygen atoms in total. The lowest BCUT2D eigenvalue weighted by Crippen LogP contribution is -2.55. The molecule has 6 unspecified atom stereocenters. The molecule has 1 saturated carbocycles. The summed E-state index contributed by atoms with van der Waals surface area (Å²) in [4.78, 5) is 0. The van der Waals surface area contributed by atoms with E-state index in [9.17, 15) is 15.3 Å². The van der Waals surface area contributed by atoms with Crippen LogP contribution in [0.2, 0.25) is 0 Å². The molecule has 0 radical (unpaired) electrons. The zero-order valence-corrected chi connectivity index (χ0v) is 10.6. The minimum Gasteiger partial charge on any atom is -0.390 e. The predicted molar refractivity (Wildman–Crippen MR) is 63.4 cm³/mol. The average molecular weight is 242 g/mol. The second-order valence-corrected chi connectivity index (χ2v) is 5.93. The van der Waals surface area contributed by atoms with Gasteiger partial charge in [-0.1, -0.05) is 19.1 Å². The van der Waals surface area contributed by atoms with Crippen LogP contribution in [0.25, 0.3) is 0 Å². The van der Waals surface area contributed by atoms with Crippen LogP contribution in [0.4, 0.5) is 0 Å². The van der Waals surface area contributed by atoms with Gasteiger partial charge in [-0.15, -0.1) is 0 Å². The van der Waals surface area contributed by atoms with Crippen LogP contribution in [0.5, 0.6) is 0 Å². The second-order valence-electron chi connectivity index (χ2n) is 5.93. The zero-order chi connectivity index (χ0) is 12.8. The first-order valence-electron chi connectivity index (χ1n) is 6.16. The Morgan fingerprint density at radius 2 is 2.00 bits per heavy atom. The fraction of sp³-hybridized carbons (Fsp3) is 0.846. The molecule has 2 bridgehead atoms. The van der Waals surface area contributed by atoms with Gasteiger partial charge in [0.05, 0.1) is 30.5 Å². The Morgan fingerprint density at radius 1 is 1.35 bits per heavy atom. The molecular weight excluding hydrogens is 220 g/mol. The molecule has 2 aliphatic rings. The summed E-state index contributed by atoms with van der Waals surface area (Å²) in [5, 5.41) is 29.3. The fourth-order valence-corrected chi connectivity index (χ4v) is 3.31. The van der Waals surface area contributed by atoms with E-state index in [4.69, 9.17) is 4.74 Å². The second kappa shape index (κ2) is 4.05. The van der Waals surface area contributed by atoms with E-state index in [1.807, 2.05) is 19.9 Å². The van der Waals surface area contributed by atoms with Gasteiger partial charge in [0, 0.05) is 17.8 Å². The summed E-state index contributed by atoms with van der Waals surface area (Å²) in [5.41, 5.74) is -0.920.